The van der Waals surface area contributed by atoms with Crippen LogP contribution in [0.2, 0.25) is 10.0 Å². The van der Waals surface area contributed by atoms with Crippen LogP contribution in [0.15, 0.2) is 42.6 Å². The van der Waals surface area contributed by atoms with Crippen LogP contribution in [0.5, 0.6) is 0 Å². The number of hydrogen-bond acceptors (Lipinski definition) is 2. The highest BCUT2D eigenvalue weighted by Gasteiger charge is 2.08. The van der Waals surface area contributed by atoms with Crippen LogP contribution in [0.3, 0.4) is 0 Å². The molecule has 0 spiro atoms. The number of aromatic nitrogens is 3. The molecule has 3 aromatic rings. The summed E-state index contributed by atoms with van der Waals surface area (Å²) in [5, 5.41) is 9.65. The van der Waals surface area contributed by atoms with E-state index in [4.69, 9.17) is 23.2 Å². The van der Waals surface area contributed by atoms with Gasteiger partial charge in [-0.05, 0) is 17.7 Å². The maximum atomic E-state index is 6.14. The van der Waals surface area contributed by atoms with Crippen LogP contribution >= 0.6 is 23.2 Å². The Bertz CT molecular complexity index is 706. The van der Waals surface area contributed by atoms with Gasteiger partial charge in [0.05, 0.1) is 0 Å². The minimum Gasteiger partial charge on any atom is -0.286 e. The average molecular weight is 278 g/mol. The molecule has 0 N–H and O–H groups in total. The molecule has 2 aromatic heterocycles. The van der Waals surface area contributed by atoms with Crippen molar-refractivity contribution >= 4 is 28.8 Å². The summed E-state index contributed by atoms with van der Waals surface area (Å²) in [7, 11) is 0. The van der Waals surface area contributed by atoms with Crippen LogP contribution < -0.4 is 0 Å². The molecular weight excluding hydrogens is 269 g/mol. The summed E-state index contributed by atoms with van der Waals surface area (Å²) in [5.41, 5.74) is 1.77. The van der Waals surface area contributed by atoms with Crippen molar-refractivity contribution in [1.82, 2.24) is 14.6 Å². The maximum Gasteiger partial charge on any atom is 0.162 e. The first-order valence-electron chi connectivity index (χ1n) is 5.46. The van der Waals surface area contributed by atoms with Crippen molar-refractivity contribution in [2.24, 2.45) is 0 Å². The Balaban J connectivity index is 2.03. The van der Waals surface area contributed by atoms with Gasteiger partial charge in [-0.2, -0.15) is 0 Å². The van der Waals surface area contributed by atoms with Gasteiger partial charge in [-0.25, -0.2) is 0 Å². The van der Waals surface area contributed by atoms with Crippen molar-refractivity contribution in [3.63, 3.8) is 0 Å². The van der Waals surface area contributed by atoms with E-state index in [2.05, 4.69) is 10.2 Å². The third-order valence-electron chi connectivity index (χ3n) is 2.75. The van der Waals surface area contributed by atoms with Crippen LogP contribution in [0.1, 0.15) is 11.4 Å². The molecule has 5 heteroatoms. The van der Waals surface area contributed by atoms with Crippen LogP contribution in [0.4, 0.5) is 0 Å². The molecule has 0 saturated heterocycles. The van der Waals surface area contributed by atoms with Crippen LogP contribution in [-0.4, -0.2) is 14.6 Å². The summed E-state index contributed by atoms with van der Waals surface area (Å²) in [4.78, 5) is 0. The van der Waals surface area contributed by atoms with Gasteiger partial charge in [-0.1, -0.05) is 41.4 Å². The standard InChI is InChI=1S/C13H9Cl2N3/c14-10-5-6-18-12(16-17-13(18)8-10)7-9-3-1-2-4-11(9)15/h1-6,8H,7H2. The Morgan fingerprint density at radius 3 is 2.72 bits per heavy atom. The van der Waals surface area contributed by atoms with Crippen molar-refractivity contribution in [3.8, 4) is 0 Å². The van der Waals surface area contributed by atoms with E-state index in [1.165, 1.54) is 0 Å². The fourth-order valence-corrected chi connectivity index (χ4v) is 2.20. The number of rotatable bonds is 2. The molecule has 0 saturated carbocycles. The van der Waals surface area contributed by atoms with Crippen molar-refractivity contribution < 1.29 is 0 Å². The van der Waals surface area contributed by atoms with E-state index in [-0.39, 0.29) is 0 Å². The van der Waals surface area contributed by atoms with Gasteiger partial charge in [-0.15, -0.1) is 10.2 Å². The smallest absolute Gasteiger partial charge is 0.162 e. The third-order valence-corrected chi connectivity index (χ3v) is 3.35. The second-order valence-corrected chi connectivity index (χ2v) is 4.80. The van der Waals surface area contributed by atoms with Gasteiger partial charge in [-0.3, -0.25) is 4.40 Å². The Morgan fingerprint density at radius 1 is 1.06 bits per heavy atom. The molecule has 0 amide bonds. The molecule has 0 unspecified atom stereocenters. The molecular formula is C13H9Cl2N3. The number of hydrogen-bond donors (Lipinski definition) is 0. The fraction of sp³-hybridized carbons (Fsp3) is 0.0769. The zero-order valence-corrected chi connectivity index (χ0v) is 10.9. The monoisotopic (exact) mass is 277 g/mol. The first kappa shape index (κ1) is 11.5. The Labute approximate surface area is 114 Å². The van der Waals surface area contributed by atoms with Crippen LogP contribution in [-0.2, 0) is 6.42 Å². The van der Waals surface area contributed by atoms with Gasteiger partial charge >= 0.3 is 0 Å². The Morgan fingerprint density at radius 2 is 1.89 bits per heavy atom. The number of fused-ring (bicyclic) bond motifs is 1. The molecule has 0 aliphatic carbocycles. The van der Waals surface area contributed by atoms with Crippen molar-refractivity contribution in [2.45, 2.75) is 6.42 Å². The topological polar surface area (TPSA) is 30.2 Å². The van der Waals surface area contributed by atoms with E-state index in [1.807, 2.05) is 40.9 Å². The minimum absolute atomic E-state index is 0.641. The van der Waals surface area contributed by atoms with Crippen LogP contribution in [0, 0.1) is 0 Å². The van der Waals surface area contributed by atoms with Crippen molar-refractivity contribution in [1.29, 1.82) is 0 Å². The highest BCUT2D eigenvalue weighted by molar-refractivity contribution is 6.31. The lowest BCUT2D eigenvalue weighted by atomic mass is 10.1. The molecule has 0 bridgehead atoms. The highest BCUT2D eigenvalue weighted by Crippen LogP contribution is 2.19. The first-order chi connectivity index (χ1) is 8.74. The molecule has 0 aliphatic heterocycles. The number of nitrogens with zero attached hydrogens (tertiary/aromatic N) is 3. The predicted octanol–water partition coefficient (Wildman–Crippen LogP) is 3.63. The lowest BCUT2D eigenvalue weighted by molar-refractivity contribution is 0.934. The molecule has 1 aromatic carbocycles. The molecule has 0 fully saturated rings. The molecule has 3 rings (SSSR count). The third kappa shape index (κ3) is 2.07. The zero-order chi connectivity index (χ0) is 12.5. The van der Waals surface area contributed by atoms with E-state index in [0.29, 0.717) is 11.4 Å². The van der Waals surface area contributed by atoms with E-state index >= 15 is 0 Å². The summed E-state index contributed by atoms with van der Waals surface area (Å²) >= 11 is 12.1. The lowest BCUT2D eigenvalue weighted by Crippen LogP contribution is -1.96. The SMILES string of the molecule is Clc1ccn2c(Cc3ccccc3Cl)nnc2c1. The minimum atomic E-state index is 0.641. The summed E-state index contributed by atoms with van der Waals surface area (Å²) < 4.78 is 1.91. The Kier molecular flexibility index (Phi) is 2.94. The van der Waals surface area contributed by atoms with Gasteiger partial charge in [0.2, 0.25) is 0 Å². The molecule has 0 radical (unpaired) electrons. The quantitative estimate of drug-likeness (QED) is 0.716. The number of halogens is 2. The molecule has 3 nitrogen and oxygen atoms in total. The van der Waals surface area contributed by atoms with Crippen molar-refractivity contribution in [2.75, 3.05) is 0 Å². The molecule has 90 valence electrons. The normalized spacial score (nSPS) is 11.0. The summed E-state index contributed by atoms with van der Waals surface area (Å²) in [6.45, 7) is 0. The molecule has 18 heavy (non-hydrogen) atoms. The summed E-state index contributed by atoms with van der Waals surface area (Å²) in [6, 6.07) is 11.3. The second kappa shape index (κ2) is 4.59. The lowest BCUT2D eigenvalue weighted by Gasteiger charge is -2.02. The molecule has 0 atom stereocenters. The van der Waals surface area contributed by atoms with Gasteiger partial charge < -0.3 is 0 Å². The van der Waals surface area contributed by atoms with Crippen molar-refractivity contribution in [3.05, 3.63) is 64.0 Å². The van der Waals surface area contributed by atoms with Gasteiger partial charge in [0.15, 0.2) is 5.65 Å². The highest BCUT2D eigenvalue weighted by atomic mass is 35.5. The van der Waals surface area contributed by atoms with Gasteiger partial charge in [0.25, 0.3) is 0 Å². The van der Waals surface area contributed by atoms with Gasteiger partial charge in [0, 0.05) is 28.7 Å². The largest absolute Gasteiger partial charge is 0.286 e. The van der Waals surface area contributed by atoms with E-state index < -0.39 is 0 Å². The van der Waals surface area contributed by atoms with Crippen LogP contribution in [0.25, 0.3) is 5.65 Å². The van der Waals surface area contributed by atoms with E-state index in [1.54, 1.807) is 6.07 Å². The zero-order valence-electron chi connectivity index (χ0n) is 9.35. The summed E-state index contributed by atoms with van der Waals surface area (Å²) in [5.74, 6) is 0.842. The van der Waals surface area contributed by atoms with Gasteiger partial charge in [0.1, 0.15) is 5.82 Å². The number of pyridine rings is 1. The Hall–Kier alpha value is -1.58. The maximum absolute atomic E-state index is 6.14. The van der Waals surface area contributed by atoms with E-state index in [9.17, 15) is 0 Å². The fourth-order valence-electron chi connectivity index (χ4n) is 1.85. The summed E-state index contributed by atoms with van der Waals surface area (Å²) in [6.07, 6.45) is 2.51. The average Bonchev–Trinajstić information content (AvgIpc) is 2.74. The predicted molar refractivity (Wildman–Crippen MR) is 72.3 cm³/mol. The number of benzene rings is 1. The molecule has 0 aliphatic rings. The first-order valence-corrected chi connectivity index (χ1v) is 6.22. The van der Waals surface area contributed by atoms with E-state index in [0.717, 1.165) is 22.1 Å². The molecule has 2 heterocycles. The second-order valence-electron chi connectivity index (χ2n) is 3.96.